The topological polar surface area (TPSA) is 83.7 Å². The monoisotopic (exact) mass is 480 g/mol. The molecule has 2 aliphatic carbocycles. The van der Waals surface area contributed by atoms with Crippen molar-refractivity contribution in [1.29, 1.82) is 0 Å². The quantitative estimate of drug-likeness (QED) is 0.678. The molecular weight excluding hydrogens is 452 g/mol. The van der Waals surface area contributed by atoms with Crippen LogP contribution in [-0.4, -0.2) is 53.5 Å². The SMILES string of the molecule is CC1(C)C2=CC(=[N+]3CCC3)C=CC2=C(c2cc(C(=O)[O-])ccc2C(=O)O)c2ccc(N3CCC3)cc21. The summed E-state index contributed by atoms with van der Waals surface area (Å²) in [5.74, 6) is -2.42. The Balaban J connectivity index is 1.67. The first-order chi connectivity index (χ1) is 17.3. The van der Waals surface area contributed by atoms with Gasteiger partial charge in [-0.05, 0) is 75.7 Å². The molecule has 2 aliphatic heterocycles. The molecule has 0 atom stereocenters. The smallest absolute Gasteiger partial charge is 0.336 e. The van der Waals surface area contributed by atoms with Crippen LogP contribution in [0.4, 0.5) is 5.69 Å². The van der Waals surface area contributed by atoms with Gasteiger partial charge in [0.2, 0.25) is 0 Å². The number of anilines is 1. The van der Waals surface area contributed by atoms with Crippen molar-refractivity contribution >= 4 is 28.9 Å². The first-order valence-corrected chi connectivity index (χ1v) is 12.5. The second-order valence-corrected chi connectivity index (χ2v) is 10.5. The standard InChI is InChI=1S/C30H28N2O4/c1-30(2)25-16-19(31-11-3-12-31)6-9-22(25)27(23-10-7-20(17-26(23)30)32-13-4-14-32)24-15-18(28(33)34)5-8-21(24)29(35)36/h5-10,15-17H,3-4,11-14H2,1-2H3,(H-,33,34,35,36). The summed E-state index contributed by atoms with van der Waals surface area (Å²) in [7, 11) is 0. The molecule has 4 aliphatic rings. The highest BCUT2D eigenvalue weighted by molar-refractivity contribution is 6.08. The van der Waals surface area contributed by atoms with E-state index in [-0.39, 0.29) is 16.5 Å². The van der Waals surface area contributed by atoms with Gasteiger partial charge >= 0.3 is 5.97 Å². The lowest BCUT2D eigenvalue weighted by molar-refractivity contribution is -0.582. The highest BCUT2D eigenvalue weighted by Gasteiger charge is 2.40. The van der Waals surface area contributed by atoms with Crippen LogP contribution < -0.4 is 10.0 Å². The fraction of sp³-hybridized carbons (Fsp3) is 0.300. The van der Waals surface area contributed by atoms with Crippen molar-refractivity contribution in [2.24, 2.45) is 0 Å². The molecule has 182 valence electrons. The Labute approximate surface area is 210 Å². The van der Waals surface area contributed by atoms with Gasteiger partial charge in [0.05, 0.1) is 18.0 Å². The Morgan fingerprint density at radius 2 is 1.78 bits per heavy atom. The summed E-state index contributed by atoms with van der Waals surface area (Å²) in [6.07, 6.45) is 8.76. The van der Waals surface area contributed by atoms with Gasteiger partial charge in [0, 0.05) is 36.3 Å². The maximum absolute atomic E-state index is 12.3. The Hall–Kier alpha value is -3.93. The second kappa shape index (κ2) is 8.05. The average molecular weight is 481 g/mol. The Kier molecular flexibility index (Phi) is 5.04. The number of carbonyl (C=O) groups excluding carboxylic acids is 1. The van der Waals surface area contributed by atoms with Crippen LogP contribution in [0.15, 0.2) is 65.8 Å². The molecule has 2 saturated heterocycles. The molecule has 36 heavy (non-hydrogen) atoms. The number of allylic oxidation sites excluding steroid dienone is 5. The van der Waals surface area contributed by atoms with Crippen LogP contribution in [0.1, 0.15) is 64.1 Å². The summed E-state index contributed by atoms with van der Waals surface area (Å²) in [6.45, 7) is 8.56. The van der Waals surface area contributed by atoms with Crippen molar-refractivity contribution in [2.75, 3.05) is 31.1 Å². The number of carboxylic acids is 2. The van der Waals surface area contributed by atoms with Crippen LogP contribution >= 0.6 is 0 Å². The number of fused-ring (bicyclic) bond motifs is 2. The normalized spacial score (nSPS) is 19.7. The van der Waals surface area contributed by atoms with Gasteiger partial charge in [-0.15, -0.1) is 0 Å². The van der Waals surface area contributed by atoms with E-state index in [1.54, 1.807) is 0 Å². The van der Waals surface area contributed by atoms with Gasteiger partial charge in [0.1, 0.15) is 13.1 Å². The van der Waals surface area contributed by atoms with Crippen molar-refractivity contribution in [1.82, 2.24) is 0 Å². The molecule has 2 heterocycles. The fourth-order valence-electron chi connectivity index (χ4n) is 5.72. The molecule has 0 aromatic heterocycles. The number of carboxylic acid groups (broad SMARTS) is 2. The molecule has 1 N–H and O–H groups in total. The number of hydrogen-bond donors (Lipinski definition) is 1. The van der Waals surface area contributed by atoms with Crippen LogP contribution in [0.3, 0.4) is 0 Å². The van der Waals surface area contributed by atoms with Gasteiger partial charge in [-0.25, -0.2) is 9.37 Å². The zero-order chi connectivity index (χ0) is 25.2. The predicted molar refractivity (Wildman–Crippen MR) is 137 cm³/mol. The van der Waals surface area contributed by atoms with Gasteiger partial charge in [0.25, 0.3) is 0 Å². The van der Waals surface area contributed by atoms with Crippen molar-refractivity contribution < 1.29 is 24.4 Å². The summed E-state index contributed by atoms with van der Waals surface area (Å²) in [6, 6.07) is 10.5. The maximum atomic E-state index is 12.3. The number of aromatic carboxylic acids is 2. The van der Waals surface area contributed by atoms with E-state index < -0.39 is 11.9 Å². The number of nitrogens with zero attached hydrogens (tertiary/aromatic N) is 2. The summed E-state index contributed by atoms with van der Waals surface area (Å²) in [5.41, 5.74) is 7.29. The van der Waals surface area contributed by atoms with Gasteiger partial charge < -0.3 is 19.9 Å². The minimum Gasteiger partial charge on any atom is -0.545 e. The third-order valence-corrected chi connectivity index (χ3v) is 8.09. The Bertz CT molecular complexity index is 1460. The molecular formula is C30H28N2O4. The van der Waals surface area contributed by atoms with Gasteiger partial charge in [-0.3, -0.25) is 0 Å². The largest absolute Gasteiger partial charge is 0.545 e. The molecule has 0 bridgehead atoms. The van der Waals surface area contributed by atoms with E-state index in [1.165, 1.54) is 31.0 Å². The number of benzene rings is 2. The van der Waals surface area contributed by atoms with Crippen LogP contribution in [-0.2, 0) is 5.41 Å². The van der Waals surface area contributed by atoms with E-state index >= 15 is 0 Å². The van der Waals surface area contributed by atoms with Crippen LogP contribution in [0.25, 0.3) is 5.57 Å². The van der Waals surface area contributed by atoms with Gasteiger partial charge in [-0.1, -0.05) is 26.0 Å². The number of hydrogen-bond acceptors (Lipinski definition) is 4. The lowest BCUT2D eigenvalue weighted by Crippen LogP contribution is -2.38. The summed E-state index contributed by atoms with van der Waals surface area (Å²) < 4.78 is 2.35. The van der Waals surface area contributed by atoms with Crippen molar-refractivity contribution in [3.63, 3.8) is 0 Å². The first kappa shape index (κ1) is 22.5. The van der Waals surface area contributed by atoms with E-state index in [1.807, 2.05) is 0 Å². The minimum atomic E-state index is -1.33. The molecule has 0 radical (unpaired) electrons. The highest BCUT2D eigenvalue weighted by Crippen LogP contribution is 2.51. The molecule has 0 amide bonds. The first-order valence-electron chi connectivity index (χ1n) is 12.5. The molecule has 6 heteroatoms. The van der Waals surface area contributed by atoms with E-state index in [9.17, 15) is 19.8 Å². The Morgan fingerprint density at radius 1 is 1.00 bits per heavy atom. The summed E-state index contributed by atoms with van der Waals surface area (Å²) >= 11 is 0. The minimum absolute atomic E-state index is 0.0372. The molecule has 2 aromatic carbocycles. The number of carbonyl (C=O) groups is 2. The predicted octanol–water partition coefficient (Wildman–Crippen LogP) is 3.40. The van der Waals surface area contributed by atoms with E-state index in [0.717, 1.165) is 65.4 Å². The number of rotatable bonds is 4. The lowest BCUT2D eigenvalue weighted by Gasteiger charge is -2.41. The molecule has 0 saturated carbocycles. The molecule has 2 aromatic rings. The zero-order valence-corrected chi connectivity index (χ0v) is 20.5. The van der Waals surface area contributed by atoms with Crippen LogP contribution in [0.2, 0.25) is 0 Å². The highest BCUT2D eigenvalue weighted by atomic mass is 16.4. The lowest BCUT2D eigenvalue weighted by atomic mass is 9.64. The third-order valence-electron chi connectivity index (χ3n) is 8.09. The third kappa shape index (κ3) is 3.35. The molecule has 6 rings (SSSR count). The zero-order valence-electron chi connectivity index (χ0n) is 20.5. The van der Waals surface area contributed by atoms with Crippen molar-refractivity contribution in [3.8, 4) is 0 Å². The van der Waals surface area contributed by atoms with E-state index in [0.29, 0.717) is 5.56 Å². The molecule has 2 fully saturated rings. The molecule has 6 nitrogen and oxygen atoms in total. The van der Waals surface area contributed by atoms with E-state index in [2.05, 4.69) is 59.8 Å². The van der Waals surface area contributed by atoms with Gasteiger partial charge in [0.15, 0.2) is 5.71 Å². The molecule has 0 spiro atoms. The fourth-order valence-corrected chi connectivity index (χ4v) is 5.72. The average Bonchev–Trinajstić information content (AvgIpc) is 2.77. The van der Waals surface area contributed by atoms with Gasteiger partial charge in [-0.2, -0.15) is 0 Å². The summed E-state index contributed by atoms with van der Waals surface area (Å²) in [4.78, 5) is 26.4. The van der Waals surface area contributed by atoms with Crippen molar-refractivity contribution in [2.45, 2.75) is 32.1 Å². The maximum Gasteiger partial charge on any atom is 0.336 e. The molecule has 0 unspecified atom stereocenters. The van der Waals surface area contributed by atoms with E-state index in [4.69, 9.17) is 0 Å². The van der Waals surface area contributed by atoms with Crippen LogP contribution in [0, 0.1) is 0 Å². The Morgan fingerprint density at radius 3 is 2.39 bits per heavy atom. The second-order valence-electron chi connectivity index (χ2n) is 10.5. The summed E-state index contributed by atoms with van der Waals surface area (Å²) in [5, 5.41) is 21.8. The van der Waals surface area contributed by atoms with Crippen molar-refractivity contribution in [3.05, 3.63) is 93.6 Å². The van der Waals surface area contributed by atoms with Crippen LogP contribution in [0.5, 0.6) is 0 Å².